The lowest BCUT2D eigenvalue weighted by molar-refractivity contribution is 0.687. The number of nitrogens with one attached hydrogen (secondary N) is 1. The van der Waals surface area contributed by atoms with Crippen molar-refractivity contribution in [3.63, 3.8) is 0 Å². The van der Waals surface area contributed by atoms with Gasteiger partial charge in [0, 0.05) is 43.8 Å². The standard InChI is InChI=1S/C60H40N8/c1-5-19-39(20-6-1)49-36-50(40-21-7-2-8-22-40)64-59(63-49)47-29-17-33-57(61-47)67-53-31-15-13-27-43(53)45-35-46-44-28-14-16-32-54(44)68(56(46)38-55(45)67)58-34-18-30-48(62-58)60-65-51(41-23-9-3-10-24-41)37-52(66-60)42-25-11-4-12-26-42/h1-38,47,61H. The summed E-state index contributed by atoms with van der Waals surface area (Å²) in [5.74, 6) is 2.94. The van der Waals surface area contributed by atoms with E-state index in [4.69, 9.17) is 24.9 Å². The Hall–Kier alpha value is -9.27. The molecule has 0 radical (unpaired) electrons. The molecule has 6 heterocycles. The number of pyridine rings is 1. The highest BCUT2D eigenvalue weighted by Crippen LogP contribution is 2.40. The highest BCUT2D eigenvalue weighted by atomic mass is 15.2. The maximum Gasteiger partial charge on any atom is 0.179 e. The molecule has 0 fully saturated rings. The predicted molar refractivity (Wildman–Crippen MR) is 276 cm³/mol. The summed E-state index contributed by atoms with van der Waals surface area (Å²) in [6.07, 6.45) is 6.38. The number of dihydropyridines is 1. The quantitative estimate of drug-likeness (QED) is 0.164. The normalized spacial score (nSPS) is 13.6. The van der Waals surface area contributed by atoms with Crippen molar-refractivity contribution in [2.45, 2.75) is 6.04 Å². The van der Waals surface area contributed by atoms with Crippen LogP contribution < -0.4 is 5.32 Å². The van der Waals surface area contributed by atoms with E-state index >= 15 is 0 Å². The second-order valence-electron chi connectivity index (χ2n) is 17.0. The highest BCUT2D eigenvalue weighted by molar-refractivity contribution is 6.19. The summed E-state index contributed by atoms with van der Waals surface area (Å²) < 4.78 is 4.60. The van der Waals surface area contributed by atoms with E-state index in [0.29, 0.717) is 17.3 Å². The Kier molecular flexibility index (Phi) is 9.38. The van der Waals surface area contributed by atoms with Crippen LogP contribution in [0.25, 0.3) is 112 Å². The Bertz CT molecular complexity index is 3820. The topological polar surface area (TPSA) is 86.3 Å². The predicted octanol–water partition coefficient (Wildman–Crippen LogP) is 13.9. The third kappa shape index (κ3) is 6.82. The fourth-order valence-corrected chi connectivity index (χ4v) is 9.61. The number of aromatic nitrogens is 7. The van der Waals surface area contributed by atoms with Crippen LogP contribution in [-0.4, -0.2) is 34.1 Å². The molecule has 1 aliphatic rings. The lowest BCUT2D eigenvalue weighted by Crippen LogP contribution is -2.25. The zero-order chi connectivity index (χ0) is 45.0. The molecule has 68 heavy (non-hydrogen) atoms. The van der Waals surface area contributed by atoms with Gasteiger partial charge in [0.2, 0.25) is 0 Å². The first-order chi connectivity index (χ1) is 33.7. The van der Waals surface area contributed by atoms with Gasteiger partial charge in [0.25, 0.3) is 0 Å². The lowest BCUT2D eigenvalue weighted by Gasteiger charge is -2.23. The number of allylic oxidation sites excluding steroid dienone is 2. The van der Waals surface area contributed by atoms with E-state index in [-0.39, 0.29) is 6.04 Å². The minimum Gasteiger partial charge on any atom is -0.358 e. The van der Waals surface area contributed by atoms with E-state index in [1.165, 1.54) is 0 Å². The van der Waals surface area contributed by atoms with Gasteiger partial charge in [-0.1, -0.05) is 176 Å². The second kappa shape index (κ2) is 16.3. The Morgan fingerprint density at radius 3 is 1.37 bits per heavy atom. The van der Waals surface area contributed by atoms with E-state index in [9.17, 15) is 0 Å². The molecule has 8 nitrogen and oxygen atoms in total. The molecule has 0 bridgehead atoms. The summed E-state index contributed by atoms with van der Waals surface area (Å²) in [4.78, 5) is 26.0. The Morgan fingerprint density at radius 2 is 0.824 bits per heavy atom. The van der Waals surface area contributed by atoms with Crippen molar-refractivity contribution >= 4 is 49.4 Å². The van der Waals surface area contributed by atoms with Gasteiger partial charge in [-0.15, -0.1) is 0 Å². The highest BCUT2D eigenvalue weighted by Gasteiger charge is 2.24. The number of rotatable bonds is 8. The van der Waals surface area contributed by atoms with Crippen LogP contribution >= 0.6 is 0 Å². The number of para-hydroxylation sites is 2. The molecule has 12 aromatic rings. The maximum absolute atomic E-state index is 5.38. The Labute approximate surface area is 391 Å². The molecule has 8 heteroatoms. The van der Waals surface area contributed by atoms with Crippen LogP contribution in [0.5, 0.6) is 0 Å². The van der Waals surface area contributed by atoms with Crippen LogP contribution in [0.1, 0.15) is 11.9 Å². The molecule has 1 aliphatic heterocycles. The van der Waals surface area contributed by atoms with Gasteiger partial charge in [-0.3, -0.25) is 9.13 Å². The largest absolute Gasteiger partial charge is 0.358 e. The van der Waals surface area contributed by atoms with Crippen molar-refractivity contribution in [3.05, 3.63) is 236 Å². The van der Waals surface area contributed by atoms with Crippen molar-refractivity contribution in [1.29, 1.82) is 0 Å². The van der Waals surface area contributed by atoms with Crippen LogP contribution in [0.4, 0.5) is 0 Å². The monoisotopic (exact) mass is 872 g/mol. The average molecular weight is 873 g/mol. The summed E-state index contributed by atoms with van der Waals surface area (Å²) in [6, 6.07) is 73.0. The fraction of sp³-hybridized carbons (Fsp3) is 0.0167. The average Bonchev–Trinajstić information content (AvgIpc) is 3.93. The van der Waals surface area contributed by atoms with E-state index in [1.807, 2.05) is 78.9 Å². The smallest absolute Gasteiger partial charge is 0.179 e. The van der Waals surface area contributed by atoms with Gasteiger partial charge < -0.3 is 5.32 Å². The van der Waals surface area contributed by atoms with Gasteiger partial charge in [-0.05, 0) is 54.6 Å². The summed E-state index contributed by atoms with van der Waals surface area (Å²) in [6.45, 7) is 0. The third-order valence-electron chi connectivity index (χ3n) is 12.8. The fourth-order valence-electron chi connectivity index (χ4n) is 9.61. The molecule has 0 amide bonds. The molecule has 0 saturated heterocycles. The van der Waals surface area contributed by atoms with Crippen molar-refractivity contribution in [3.8, 4) is 62.4 Å². The molecule has 1 unspecified atom stereocenters. The minimum absolute atomic E-state index is 0.301. The first kappa shape index (κ1) is 39.1. The van der Waals surface area contributed by atoms with Crippen molar-refractivity contribution in [2.24, 2.45) is 0 Å². The molecule has 1 N–H and O–H groups in total. The van der Waals surface area contributed by atoms with Gasteiger partial charge in [0.1, 0.15) is 23.4 Å². The summed E-state index contributed by atoms with van der Waals surface area (Å²) in [5.41, 5.74) is 12.4. The second-order valence-corrected chi connectivity index (χ2v) is 17.0. The molecule has 0 spiro atoms. The van der Waals surface area contributed by atoms with Crippen LogP contribution in [0.15, 0.2) is 231 Å². The molecule has 7 aromatic carbocycles. The Morgan fingerprint density at radius 1 is 0.353 bits per heavy atom. The number of nitrogens with zero attached hydrogens (tertiary/aromatic N) is 7. The zero-order valence-electron chi connectivity index (χ0n) is 36.6. The minimum atomic E-state index is -0.301. The van der Waals surface area contributed by atoms with Gasteiger partial charge in [-0.2, -0.15) is 0 Å². The van der Waals surface area contributed by atoms with Crippen molar-refractivity contribution in [2.75, 3.05) is 0 Å². The summed E-state index contributed by atoms with van der Waals surface area (Å²) in [7, 11) is 0. The molecule has 320 valence electrons. The first-order valence-electron chi connectivity index (χ1n) is 22.8. The molecular formula is C60H40N8. The van der Waals surface area contributed by atoms with Gasteiger partial charge >= 0.3 is 0 Å². The van der Waals surface area contributed by atoms with Crippen LogP contribution in [0.2, 0.25) is 0 Å². The molecule has 1 atom stereocenters. The zero-order valence-corrected chi connectivity index (χ0v) is 36.6. The molecular weight excluding hydrogens is 833 g/mol. The van der Waals surface area contributed by atoms with Crippen LogP contribution in [-0.2, 0) is 0 Å². The number of benzene rings is 7. The van der Waals surface area contributed by atoms with Crippen molar-refractivity contribution in [1.82, 2.24) is 39.4 Å². The third-order valence-corrected chi connectivity index (χ3v) is 12.8. The molecule has 13 rings (SSSR count). The van der Waals surface area contributed by atoms with Gasteiger partial charge in [0.05, 0.1) is 44.8 Å². The van der Waals surface area contributed by atoms with E-state index in [2.05, 4.69) is 166 Å². The SMILES string of the molecule is C1=CC(c2nc(-c3ccccc3)cc(-c3ccccc3)n2)NC(n2c3ccccc3c3cc4c5ccccc5n(-c5cccc(-c6nc(-c7ccccc7)cc(-c7ccccc7)n6)n5)c4cc32)=C1. The number of hydrogen-bond acceptors (Lipinski definition) is 6. The molecule has 5 aromatic heterocycles. The first-order valence-corrected chi connectivity index (χ1v) is 22.8. The summed E-state index contributed by atoms with van der Waals surface area (Å²) >= 11 is 0. The van der Waals surface area contributed by atoms with E-state index in [0.717, 1.165) is 100 Å². The summed E-state index contributed by atoms with van der Waals surface area (Å²) in [5, 5.41) is 8.47. The van der Waals surface area contributed by atoms with Gasteiger partial charge in [0.15, 0.2) is 11.6 Å². The van der Waals surface area contributed by atoms with Crippen LogP contribution in [0.3, 0.4) is 0 Å². The molecule has 0 aliphatic carbocycles. The number of fused-ring (bicyclic) bond motifs is 6. The molecule has 0 saturated carbocycles. The van der Waals surface area contributed by atoms with Gasteiger partial charge in [-0.25, -0.2) is 24.9 Å². The lowest BCUT2D eigenvalue weighted by atomic mass is 10.1. The van der Waals surface area contributed by atoms with Crippen LogP contribution in [0, 0.1) is 0 Å². The van der Waals surface area contributed by atoms with E-state index in [1.54, 1.807) is 0 Å². The maximum atomic E-state index is 5.38. The van der Waals surface area contributed by atoms with E-state index < -0.39 is 0 Å². The van der Waals surface area contributed by atoms with Crippen molar-refractivity contribution < 1.29 is 0 Å². The Balaban J connectivity index is 0.960. The number of hydrogen-bond donors (Lipinski definition) is 1.